The lowest BCUT2D eigenvalue weighted by molar-refractivity contribution is -0.168. The number of carbonyl (C=O) groups is 3. The average molecular weight is 429 g/mol. The van der Waals surface area contributed by atoms with E-state index < -0.39 is 24.0 Å². The molecule has 0 aromatic heterocycles. The second-order valence-corrected chi connectivity index (χ2v) is 11.9. The van der Waals surface area contributed by atoms with Crippen LogP contribution in [-0.4, -0.2) is 37.2 Å². The van der Waals surface area contributed by atoms with Gasteiger partial charge in [-0.1, -0.05) is 55.4 Å². The van der Waals surface area contributed by atoms with Gasteiger partial charge in [0.15, 0.2) is 0 Å². The molecule has 0 aromatic rings. The van der Waals surface area contributed by atoms with Gasteiger partial charge in [0.2, 0.25) is 0 Å². The van der Waals surface area contributed by atoms with Gasteiger partial charge >= 0.3 is 17.9 Å². The van der Waals surface area contributed by atoms with Crippen LogP contribution < -0.4 is 0 Å². The third-order valence-electron chi connectivity index (χ3n) is 5.07. The molecule has 1 atom stereocenters. The Morgan fingerprint density at radius 1 is 0.800 bits per heavy atom. The van der Waals surface area contributed by atoms with Crippen molar-refractivity contribution in [2.75, 3.05) is 13.7 Å². The van der Waals surface area contributed by atoms with Gasteiger partial charge in [-0.3, -0.25) is 14.4 Å². The van der Waals surface area contributed by atoms with Crippen molar-refractivity contribution in [3.63, 3.8) is 0 Å². The Kier molecular flexibility index (Phi) is 10.1. The van der Waals surface area contributed by atoms with E-state index in [2.05, 4.69) is 46.3 Å². The molecule has 30 heavy (non-hydrogen) atoms. The largest absolute Gasteiger partial charge is 0.469 e. The Labute approximate surface area is 183 Å². The van der Waals surface area contributed by atoms with Crippen LogP contribution in [0.3, 0.4) is 0 Å². The lowest BCUT2D eigenvalue weighted by atomic mass is 9.72. The van der Waals surface area contributed by atoms with E-state index in [1.165, 1.54) is 7.11 Å². The van der Waals surface area contributed by atoms with E-state index in [1.54, 1.807) is 0 Å². The monoisotopic (exact) mass is 428 g/mol. The molecule has 0 bridgehead atoms. The fraction of sp³-hybridized carbons (Fsp3) is 0.875. The number of rotatable bonds is 10. The molecule has 0 N–H and O–H groups in total. The van der Waals surface area contributed by atoms with Crippen LogP contribution in [0.25, 0.3) is 0 Å². The normalized spacial score (nSPS) is 14.1. The minimum atomic E-state index is -0.633. The molecule has 6 nitrogen and oxygen atoms in total. The van der Waals surface area contributed by atoms with Crippen molar-refractivity contribution in [3.8, 4) is 0 Å². The highest BCUT2D eigenvalue weighted by Crippen LogP contribution is 2.38. The third-order valence-corrected chi connectivity index (χ3v) is 5.07. The van der Waals surface area contributed by atoms with Crippen LogP contribution >= 0.6 is 0 Å². The van der Waals surface area contributed by atoms with E-state index in [4.69, 9.17) is 9.47 Å². The highest BCUT2D eigenvalue weighted by atomic mass is 16.6. The van der Waals surface area contributed by atoms with Crippen molar-refractivity contribution < 1.29 is 28.6 Å². The molecule has 0 amide bonds. The summed E-state index contributed by atoms with van der Waals surface area (Å²) < 4.78 is 15.6. The molecule has 0 saturated carbocycles. The lowest BCUT2D eigenvalue weighted by Gasteiger charge is -2.37. The number of esters is 3. The number of ether oxygens (including phenoxy) is 3. The molecular weight excluding hydrogens is 384 g/mol. The van der Waals surface area contributed by atoms with Crippen molar-refractivity contribution in [1.29, 1.82) is 0 Å². The van der Waals surface area contributed by atoms with Crippen LogP contribution in [-0.2, 0) is 28.6 Å². The van der Waals surface area contributed by atoms with Gasteiger partial charge in [0.05, 0.1) is 19.6 Å². The molecule has 0 aliphatic rings. The Balaban J connectivity index is 4.87. The summed E-state index contributed by atoms with van der Waals surface area (Å²) in [6.07, 6.45) is 1.69. The molecule has 0 fully saturated rings. The zero-order valence-electron chi connectivity index (χ0n) is 21.1. The molecule has 0 aliphatic carbocycles. The second kappa shape index (κ2) is 10.6. The predicted molar refractivity (Wildman–Crippen MR) is 118 cm³/mol. The topological polar surface area (TPSA) is 78.9 Å². The minimum Gasteiger partial charge on any atom is -0.469 e. The number of hydrogen-bond acceptors (Lipinski definition) is 6. The quantitative estimate of drug-likeness (QED) is 0.266. The first-order valence-electron chi connectivity index (χ1n) is 10.7. The summed E-state index contributed by atoms with van der Waals surface area (Å²) in [6.45, 7) is 20.6. The zero-order chi connectivity index (χ0) is 24.0. The van der Waals surface area contributed by atoms with Gasteiger partial charge in [0, 0.05) is 0 Å². The van der Waals surface area contributed by atoms with Gasteiger partial charge in [-0.05, 0) is 49.4 Å². The summed E-state index contributed by atoms with van der Waals surface area (Å²) in [5.41, 5.74) is -1.11. The second-order valence-electron chi connectivity index (χ2n) is 11.9. The summed E-state index contributed by atoms with van der Waals surface area (Å²) >= 11 is 0. The maximum atomic E-state index is 13.0. The maximum absolute atomic E-state index is 13.0. The number of methoxy groups -OCH3 is 1. The van der Waals surface area contributed by atoms with Gasteiger partial charge < -0.3 is 14.2 Å². The standard InChI is InChI=1S/C24H44O6/c1-21(2,3)15-17(22(4,5)6)20(27)30-24(9,10)13-12-23(7,8)16-29-19(26)14-18(25)28-11/h17H,12-16H2,1-11H3. The Hall–Kier alpha value is -1.59. The molecule has 0 radical (unpaired) electrons. The third kappa shape index (κ3) is 12.2. The highest BCUT2D eigenvalue weighted by Gasteiger charge is 2.38. The van der Waals surface area contributed by atoms with Crippen molar-refractivity contribution in [3.05, 3.63) is 0 Å². The molecule has 0 rings (SSSR count). The summed E-state index contributed by atoms with van der Waals surface area (Å²) in [5, 5.41) is 0. The first-order chi connectivity index (χ1) is 13.3. The van der Waals surface area contributed by atoms with Gasteiger partial charge in [-0.25, -0.2) is 0 Å². The Morgan fingerprint density at radius 2 is 1.33 bits per heavy atom. The predicted octanol–water partition coefficient (Wildman–Crippen LogP) is 5.32. The Morgan fingerprint density at radius 3 is 1.77 bits per heavy atom. The number of hydrogen-bond donors (Lipinski definition) is 0. The van der Waals surface area contributed by atoms with Crippen LogP contribution in [0.5, 0.6) is 0 Å². The SMILES string of the molecule is COC(=O)CC(=O)OCC(C)(C)CCC(C)(C)OC(=O)C(CC(C)(C)C)C(C)(C)C. The van der Waals surface area contributed by atoms with Crippen molar-refractivity contribution in [2.45, 2.75) is 101 Å². The van der Waals surface area contributed by atoms with Crippen LogP contribution in [0.2, 0.25) is 0 Å². The van der Waals surface area contributed by atoms with Gasteiger partial charge in [-0.15, -0.1) is 0 Å². The maximum Gasteiger partial charge on any atom is 0.317 e. The zero-order valence-corrected chi connectivity index (χ0v) is 21.1. The first-order valence-corrected chi connectivity index (χ1v) is 10.7. The van der Waals surface area contributed by atoms with Gasteiger partial charge in [-0.2, -0.15) is 0 Å². The highest BCUT2D eigenvalue weighted by molar-refractivity contribution is 5.91. The fourth-order valence-corrected chi connectivity index (χ4v) is 2.98. The molecule has 1 unspecified atom stereocenters. The van der Waals surface area contributed by atoms with Gasteiger partial charge in [0.25, 0.3) is 0 Å². The molecule has 0 saturated heterocycles. The van der Waals surface area contributed by atoms with Gasteiger partial charge in [0.1, 0.15) is 12.0 Å². The molecular formula is C24H44O6. The smallest absolute Gasteiger partial charge is 0.317 e. The van der Waals surface area contributed by atoms with Crippen LogP contribution in [0.1, 0.15) is 94.9 Å². The van der Waals surface area contributed by atoms with Crippen LogP contribution in [0.15, 0.2) is 0 Å². The molecule has 0 aromatic carbocycles. The first kappa shape index (κ1) is 28.4. The summed E-state index contributed by atoms with van der Waals surface area (Å²) in [7, 11) is 1.23. The van der Waals surface area contributed by atoms with Crippen molar-refractivity contribution >= 4 is 17.9 Å². The van der Waals surface area contributed by atoms with E-state index in [-0.39, 0.29) is 34.7 Å². The van der Waals surface area contributed by atoms with Crippen LogP contribution in [0.4, 0.5) is 0 Å². The van der Waals surface area contributed by atoms with E-state index >= 15 is 0 Å². The van der Waals surface area contributed by atoms with E-state index in [0.29, 0.717) is 12.8 Å². The molecule has 0 spiro atoms. The fourth-order valence-electron chi connectivity index (χ4n) is 2.98. The summed E-state index contributed by atoms with van der Waals surface area (Å²) in [4.78, 5) is 35.9. The molecule has 0 heterocycles. The molecule has 176 valence electrons. The molecule has 6 heteroatoms. The van der Waals surface area contributed by atoms with E-state index in [0.717, 1.165) is 6.42 Å². The Bertz CT molecular complexity index is 590. The summed E-state index contributed by atoms with van der Waals surface area (Å²) in [5.74, 6) is -1.57. The van der Waals surface area contributed by atoms with Crippen molar-refractivity contribution in [2.24, 2.45) is 22.2 Å². The number of carbonyl (C=O) groups excluding carboxylic acids is 3. The summed E-state index contributed by atoms with van der Waals surface area (Å²) in [6, 6.07) is 0. The lowest BCUT2D eigenvalue weighted by Crippen LogP contribution is -2.39. The van der Waals surface area contributed by atoms with Crippen molar-refractivity contribution in [1.82, 2.24) is 0 Å². The minimum absolute atomic E-state index is 0.0250. The average Bonchev–Trinajstić information content (AvgIpc) is 2.54. The molecule has 0 aliphatic heterocycles. The van der Waals surface area contributed by atoms with E-state index in [1.807, 2.05) is 27.7 Å². The van der Waals surface area contributed by atoms with Crippen LogP contribution in [0, 0.1) is 22.2 Å². The van der Waals surface area contributed by atoms with E-state index in [9.17, 15) is 14.4 Å².